The van der Waals surface area contributed by atoms with Crippen molar-refractivity contribution < 1.29 is 9.90 Å². The SMILES string of the molecule is CC12CC(O)C3C(CCC4CCCCC43C)C1CCC2C(=O)CN(N)/C=C\N. The monoisotopic (exact) mass is 389 g/mol. The first-order chi connectivity index (χ1) is 13.3. The lowest BCUT2D eigenvalue weighted by atomic mass is 9.44. The summed E-state index contributed by atoms with van der Waals surface area (Å²) in [5.41, 5.74) is 5.60. The van der Waals surface area contributed by atoms with Crippen molar-refractivity contribution in [3.8, 4) is 0 Å². The third-order valence-electron chi connectivity index (χ3n) is 9.52. The number of carbonyl (C=O) groups is 1. The number of ketones is 1. The molecule has 0 aromatic rings. The molecule has 0 bridgehead atoms. The molecule has 4 rings (SSSR count). The van der Waals surface area contributed by atoms with E-state index in [1.807, 2.05) is 0 Å². The maximum atomic E-state index is 13.1. The highest BCUT2D eigenvalue weighted by Gasteiger charge is 2.63. The van der Waals surface area contributed by atoms with Crippen molar-refractivity contribution in [3.63, 3.8) is 0 Å². The molecular formula is C23H39N3O2. The van der Waals surface area contributed by atoms with Crippen LogP contribution < -0.4 is 11.6 Å². The molecule has 0 aromatic heterocycles. The Morgan fingerprint density at radius 2 is 1.93 bits per heavy atom. The summed E-state index contributed by atoms with van der Waals surface area (Å²) < 4.78 is 0. The first kappa shape index (κ1) is 20.2. The van der Waals surface area contributed by atoms with E-state index in [1.165, 1.54) is 49.7 Å². The molecule has 28 heavy (non-hydrogen) atoms. The molecule has 5 nitrogen and oxygen atoms in total. The average Bonchev–Trinajstić information content (AvgIpc) is 2.97. The van der Waals surface area contributed by atoms with Crippen LogP contribution in [0.1, 0.15) is 71.6 Å². The smallest absolute Gasteiger partial charge is 0.157 e. The zero-order valence-corrected chi connectivity index (χ0v) is 17.6. The number of Topliss-reactive ketones (excluding diaryl/α,β-unsaturated/α-hetero) is 1. The number of nitrogens with two attached hydrogens (primary N) is 2. The van der Waals surface area contributed by atoms with Gasteiger partial charge in [-0.2, -0.15) is 0 Å². The van der Waals surface area contributed by atoms with E-state index in [4.69, 9.17) is 11.6 Å². The minimum atomic E-state index is -0.275. The number of fused-ring (bicyclic) bond motifs is 5. The van der Waals surface area contributed by atoms with Gasteiger partial charge in [0.1, 0.15) is 0 Å². The largest absolute Gasteiger partial charge is 0.403 e. The third kappa shape index (κ3) is 3.00. The molecule has 5 heteroatoms. The van der Waals surface area contributed by atoms with E-state index in [1.54, 1.807) is 6.20 Å². The maximum absolute atomic E-state index is 13.1. The summed E-state index contributed by atoms with van der Waals surface area (Å²) in [7, 11) is 0. The van der Waals surface area contributed by atoms with Gasteiger partial charge in [-0.3, -0.25) is 4.79 Å². The lowest BCUT2D eigenvalue weighted by Gasteiger charge is -2.62. The van der Waals surface area contributed by atoms with Gasteiger partial charge in [0.15, 0.2) is 5.78 Å². The molecule has 0 heterocycles. The standard InChI is InChI=1S/C23H39N3O2/c1-22-10-4-3-5-15(22)6-7-16-17-8-9-18(20(28)14-26(25)12-11-24)23(17,2)13-19(27)21(16)22/h11-12,15-19,21,27H,3-10,13-14,24-25H2,1-2H3/b12-11-. The Bertz CT molecular complexity index is 637. The quantitative estimate of drug-likeness (QED) is 0.507. The molecule has 158 valence electrons. The predicted molar refractivity (Wildman–Crippen MR) is 110 cm³/mol. The van der Waals surface area contributed by atoms with Gasteiger partial charge in [0.05, 0.1) is 12.6 Å². The molecule has 0 saturated heterocycles. The molecule has 0 aromatic carbocycles. The van der Waals surface area contributed by atoms with Crippen LogP contribution in [0.25, 0.3) is 0 Å². The molecule has 0 aliphatic heterocycles. The molecule has 8 unspecified atom stereocenters. The summed E-state index contributed by atoms with van der Waals surface area (Å²) in [5, 5.41) is 12.8. The van der Waals surface area contributed by atoms with Gasteiger partial charge in [0, 0.05) is 18.3 Å². The fourth-order valence-electron chi connectivity index (χ4n) is 8.40. The number of hydrogen-bond acceptors (Lipinski definition) is 5. The van der Waals surface area contributed by atoms with Crippen molar-refractivity contribution >= 4 is 5.78 Å². The summed E-state index contributed by atoms with van der Waals surface area (Å²) in [6.45, 7) is 4.95. The summed E-state index contributed by atoms with van der Waals surface area (Å²) in [6, 6.07) is 0. The van der Waals surface area contributed by atoms with Crippen molar-refractivity contribution in [3.05, 3.63) is 12.4 Å². The summed E-state index contributed by atoms with van der Waals surface area (Å²) in [6.07, 6.45) is 13.3. The van der Waals surface area contributed by atoms with E-state index in [2.05, 4.69) is 13.8 Å². The number of rotatable bonds is 4. The highest BCUT2D eigenvalue weighted by atomic mass is 16.3. The normalized spacial score (nSPS) is 48.0. The molecule has 5 N–H and O–H groups in total. The number of aliphatic hydroxyl groups is 1. The molecule has 4 aliphatic rings. The van der Waals surface area contributed by atoms with Crippen LogP contribution in [0, 0.1) is 40.4 Å². The van der Waals surface area contributed by atoms with Crippen molar-refractivity contribution in [2.24, 2.45) is 52.0 Å². The van der Waals surface area contributed by atoms with E-state index in [0.717, 1.165) is 25.2 Å². The maximum Gasteiger partial charge on any atom is 0.157 e. The first-order valence-electron chi connectivity index (χ1n) is 11.4. The Hall–Kier alpha value is -1.07. The fraction of sp³-hybridized carbons (Fsp3) is 0.870. The minimum Gasteiger partial charge on any atom is -0.403 e. The van der Waals surface area contributed by atoms with Crippen LogP contribution >= 0.6 is 0 Å². The van der Waals surface area contributed by atoms with Crippen LogP contribution in [0.4, 0.5) is 0 Å². The number of hydrazine groups is 1. The van der Waals surface area contributed by atoms with Crippen LogP contribution in [-0.2, 0) is 4.79 Å². The van der Waals surface area contributed by atoms with Crippen molar-refractivity contribution in [2.45, 2.75) is 77.7 Å². The molecular weight excluding hydrogens is 350 g/mol. The Morgan fingerprint density at radius 3 is 2.68 bits per heavy atom. The Labute approximate surface area is 169 Å². The minimum absolute atomic E-state index is 0.00205. The van der Waals surface area contributed by atoms with Crippen LogP contribution in [0.5, 0.6) is 0 Å². The van der Waals surface area contributed by atoms with Crippen LogP contribution in [0.15, 0.2) is 12.4 Å². The average molecular weight is 390 g/mol. The summed E-state index contributed by atoms with van der Waals surface area (Å²) in [5.74, 6) is 8.43. The zero-order valence-electron chi connectivity index (χ0n) is 17.6. The molecule has 4 fully saturated rings. The first-order valence-corrected chi connectivity index (χ1v) is 11.4. The molecule has 0 radical (unpaired) electrons. The van der Waals surface area contributed by atoms with E-state index >= 15 is 0 Å². The van der Waals surface area contributed by atoms with Gasteiger partial charge in [0.2, 0.25) is 0 Å². The van der Waals surface area contributed by atoms with Gasteiger partial charge in [-0.15, -0.1) is 0 Å². The van der Waals surface area contributed by atoms with Gasteiger partial charge in [-0.1, -0.05) is 26.7 Å². The lowest BCUT2D eigenvalue weighted by Crippen LogP contribution is -2.58. The highest BCUT2D eigenvalue weighted by molar-refractivity contribution is 5.84. The molecule has 0 spiro atoms. The van der Waals surface area contributed by atoms with Gasteiger partial charge >= 0.3 is 0 Å². The predicted octanol–water partition coefficient (Wildman–Crippen LogP) is 3.18. The fourth-order valence-corrected chi connectivity index (χ4v) is 8.40. The van der Waals surface area contributed by atoms with Crippen molar-refractivity contribution in [1.29, 1.82) is 0 Å². The van der Waals surface area contributed by atoms with Crippen LogP contribution in [0.3, 0.4) is 0 Å². The van der Waals surface area contributed by atoms with E-state index in [-0.39, 0.29) is 29.8 Å². The van der Waals surface area contributed by atoms with Crippen LogP contribution in [0.2, 0.25) is 0 Å². The van der Waals surface area contributed by atoms with E-state index < -0.39 is 0 Å². The summed E-state index contributed by atoms with van der Waals surface area (Å²) in [4.78, 5) is 13.1. The zero-order chi connectivity index (χ0) is 20.1. The Morgan fingerprint density at radius 1 is 1.14 bits per heavy atom. The number of nitrogens with zero attached hydrogens (tertiary/aromatic N) is 1. The molecule has 4 aliphatic carbocycles. The second-order valence-electron chi connectivity index (χ2n) is 10.7. The summed E-state index contributed by atoms with van der Waals surface area (Å²) >= 11 is 0. The van der Waals surface area contributed by atoms with Crippen molar-refractivity contribution in [1.82, 2.24) is 5.01 Å². The second kappa shape index (κ2) is 7.32. The molecule has 4 saturated carbocycles. The molecule has 0 amide bonds. The number of carbonyl (C=O) groups excluding carboxylic acids is 1. The van der Waals surface area contributed by atoms with Gasteiger partial charge in [-0.05, 0) is 79.4 Å². The number of hydrogen-bond donors (Lipinski definition) is 3. The molecule has 8 atom stereocenters. The number of aliphatic hydroxyl groups excluding tert-OH is 1. The Balaban J connectivity index is 1.57. The lowest BCUT2D eigenvalue weighted by molar-refractivity contribution is -0.171. The van der Waals surface area contributed by atoms with Crippen molar-refractivity contribution in [2.75, 3.05) is 6.54 Å². The third-order valence-corrected chi connectivity index (χ3v) is 9.52. The van der Waals surface area contributed by atoms with Gasteiger partial charge < -0.3 is 15.8 Å². The highest BCUT2D eigenvalue weighted by Crippen LogP contribution is 2.67. The van der Waals surface area contributed by atoms with E-state index in [0.29, 0.717) is 23.2 Å². The van der Waals surface area contributed by atoms with E-state index in [9.17, 15) is 9.90 Å². The van der Waals surface area contributed by atoms with Gasteiger partial charge in [-0.25, -0.2) is 5.84 Å². The topological polar surface area (TPSA) is 92.6 Å². The van der Waals surface area contributed by atoms with Crippen LogP contribution in [-0.4, -0.2) is 28.5 Å². The Kier molecular flexibility index (Phi) is 5.28. The second-order valence-corrected chi connectivity index (χ2v) is 10.7. The van der Waals surface area contributed by atoms with Gasteiger partial charge in [0.25, 0.3) is 0 Å².